The first-order chi connectivity index (χ1) is 6.69. The topological polar surface area (TPSA) is 35.2 Å². The third-order valence-electron chi connectivity index (χ3n) is 2.39. The molecule has 0 aliphatic carbocycles. The van der Waals surface area contributed by atoms with Gasteiger partial charge in [0.2, 0.25) is 0 Å². The van der Waals surface area contributed by atoms with Gasteiger partial charge in [-0.25, -0.2) is 5.90 Å². The van der Waals surface area contributed by atoms with Gasteiger partial charge in [0.05, 0.1) is 6.61 Å². The highest BCUT2D eigenvalue weighted by Crippen LogP contribution is 2.24. The van der Waals surface area contributed by atoms with Crippen LogP contribution in [-0.4, -0.2) is 12.9 Å². The predicted octanol–water partition coefficient (Wildman–Crippen LogP) is 2.46. The Morgan fingerprint density at radius 1 is 1.29 bits per heavy atom. The van der Waals surface area contributed by atoms with E-state index in [4.69, 9.17) is 5.90 Å². The van der Waals surface area contributed by atoms with Gasteiger partial charge in [0.25, 0.3) is 0 Å². The van der Waals surface area contributed by atoms with Gasteiger partial charge in [-0.3, -0.25) is 0 Å². The van der Waals surface area contributed by atoms with Gasteiger partial charge < -0.3 is 4.84 Å². The van der Waals surface area contributed by atoms with Crippen molar-refractivity contribution >= 4 is 11.8 Å². The molecule has 0 fully saturated rings. The normalized spacial score (nSPS) is 10.6. The number of benzene rings is 1. The number of rotatable bonds is 4. The third-order valence-corrected chi connectivity index (χ3v) is 3.21. The number of aryl methyl sites for hydroxylation is 2. The van der Waals surface area contributed by atoms with Crippen LogP contribution in [0.4, 0.5) is 0 Å². The Labute approximate surface area is 89.8 Å². The fraction of sp³-hybridized carbons (Fsp3) is 0.455. The average molecular weight is 211 g/mol. The molecule has 2 nitrogen and oxygen atoms in total. The van der Waals surface area contributed by atoms with Crippen LogP contribution in [-0.2, 0) is 11.3 Å². The summed E-state index contributed by atoms with van der Waals surface area (Å²) in [5.41, 5.74) is 3.99. The van der Waals surface area contributed by atoms with Gasteiger partial charge in [-0.05, 0) is 49.3 Å². The van der Waals surface area contributed by atoms with Gasteiger partial charge >= 0.3 is 0 Å². The molecule has 0 amide bonds. The molecule has 0 atom stereocenters. The molecule has 0 bridgehead atoms. The van der Waals surface area contributed by atoms with Crippen molar-refractivity contribution in [3.63, 3.8) is 0 Å². The maximum absolute atomic E-state index is 5.03. The first kappa shape index (κ1) is 11.6. The minimum absolute atomic E-state index is 0.579. The standard InChI is InChI=1S/C11H17NOS/c1-8-6-10(4-5-13-12)11(14-3)7-9(8)2/h6-7H,4-5,12H2,1-3H3. The summed E-state index contributed by atoms with van der Waals surface area (Å²) >= 11 is 1.77. The van der Waals surface area contributed by atoms with E-state index in [0.717, 1.165) is 6.42 Å². The molecule has 14 heavy (non-hydrogen) atoms. The molecule has 0 spiro atoms. The Bertz CT molecular complexity index is 312. The second-order valence-electron chi connectivity index (χ2n) is 3.37. The van der Waals surface area contributed by atoms with Gasteiger partial charge in [0.15, 0.2) is 0 Å². The van der Waals surface area contributed by atoms with Gasteiger partial charge in [0.1, 0.15) is 0 Å². The van der Waals surface area contributed by atoms with E-state index in [9.17, 15) is 0 Å². The van der Waals surface area contributed by atoms with E-state index in [1.54, 1.807) is 11.8 Å². The smallest absolute Gasteiger partial charge is 0.0720 e. The van der Waals surface area contributed by atoms with Crippen molar-refractivity contribution in [3.05, 3.63) is 28.8 Å². The van der Waals surface area contributed by atoms with E-state index < -0.39 is 0 Å². The molecule has 78 valence electrons. The average Bonchev–Trinajstić information content (AvgIpc) is 2.19. The van der Waals surface area contributed by atoms with Crippen molar-refractivity contribution in [1.29, 1.82) is 0 Å². The van der Waals surface area contributed by atoms with Crippen molar-refractivity contribution in [2.45, 2.75) is 25.2 Å². The van der Waals surface area contributed by atoms with Crippen LogP contribution in [0.1, 0.15) is 16.7 Å². The van der Waals surface area contributed by atoms with Crippen LogP contribution in [0.5, 0.6) is 0 Å². The molecule has 0 radical (unpaired) electrons. The van der Waals surface area contributed by atoms with E-state index in [-0.39, 0.29) is 0 Å². The minimum atomic E-state index is 0.579. The van der Waals surface area contributed by atoms with Crippen LogP contribution in [0.3, 0.4) is 0 Å². The molecule has 0 aliphatic rings. The molecule has 1 aromatic rings. The van der Waals surface area contributed by atoms with Crippen molar-refractivity contribution in [1.82, 2.24) is 0 Å². The van der Waals surface area contributed by atoms with E-state index in [1.165, 1.54) is 21.6 Å². The highest BCUT2D eigenvalue weighted by atomic mass is 32.2. The molecule has 0 aromatic heterocycles. The summed E-state index contributed by atoms with van der Waals surface area (Å²) in [6.07, 6.45) is 2.98. The summed E-state index contributed by atoms with van der Waals surface area (Å²) in [4.78, 5) is 5.93. The highest BCUT2D eigenvalue weighted by Gasteiger charge is 2.04. The lowest BCUT2D eigenvalue weighted by Crippen LogP contribution is -2.05. The summed E-state index contributed by atoms with van der Waals surface area (Å²) in [5, 5.41) is 0. The van der Waals surface area contributed by atoms with E-state index >= 15 is 0 Å². The SMILES string of the molecule is CSc1cc(C)c(C)cc1CCON. The largest absolute Gasteiger partial charge is 0.304 e. The summed E-state index contributed by atoms with van der Waals surface area (Å²) in [6, 6.07) is 4.45. The van der Waals surface area contributed by atoms with Crippen molar-refractivity contribution in [2.24, 2.45) is 5.90 Å². The third kappa shape index (κ3) is 2.74. The van der Waals surface area contributed by atoms with Crippen LogP contribution in [0.25, 0.3) is 0 Å². The Balaban J connectivity index is 2.95. The Morgan fingerprint density at radius 3 is 2.50 bits per heavy atom. The van der Waals surface area contributed by atoms with Crippen LogP contribution in [0.2, 0.25) is 0 Å². The van der Waals surface area contributed by atoms with Crippen LogP contribution >= 0.6 is 11.8 Å². The fourth-order valence-electron chi connectivity index (χ4n) is 1.40. The Kier molecular flexibility index (Phi) is 4.45. The first-order valence-electron chi connectivity index (χ1n) is 4.65. The Hall–Kier alpha value is -0.510. The van der Waals surface area contributed by atoms with Gasteiger partial charge in [-0.1, -0.05) is 6.07 Å². The second kappa shape index (κ2) is 5.39. The van der Waals surface area contributed by atoms with Gasteiger partial charge in [-0.2, -0.15) is 0 Å². The predicted molar refractivity (Wildman–Crippen MR) is 61.5 cm³/mol. The van der Waals surface area contributed by atoms with Gasteiger partial charge in [0, 0.05) is 4.90 Å². The van der Waals surface area contributed by atoms with Crippen molar-refractivity contribution in [2.75, 3.05) is 12.9 Å². The molecule has 0 aliphatic heterocycles. The molecule has 3 heteroatoms. The second-order valence-corrected chi connectivity index (χ2v) is 4.22. The lowest BCUT2D eigenvalue weighted by molar-refractivity contribution is 0.141. The lowest BCUT2D eigenvalue weighted by Gasteiger charge is -2.10. The zero-order chi connectivity index (χ0) is 10.6. The highest BCUT2D eigenvalue weighted by molar-refractivity contribution is 7.98. The minimum Gasteiger partial charge on any atom is -0.304 e. The maximum atomic E-state index is 5.03. The zero-order valence-corrected chi connectivity index (χ0v) is 9.78. The first-order valence-corrected chi connectivity index (χ1v) is 5.87. The molecule has 0 heterocycles. The monoisotopic (exact) mass is 211 g/mol. The van der Waals surface area contributed by atoms with Gasteiger partial charge in [-0.15, -0.1) is 11.8 Å². The fourth-order valence-corrected chi connectivity index (χ4v) is 2.12. The number of nitrogens with two attached hydrogens (primary N) is 1. The quantitative estimate of drug-likeness (QED) is 0.614. The summed E-state index contributed by atoms with van der Waals surface area (Å²) in [6.45, 7) is 4.85. The molecule has 0 unspecified atom stereocenters. The Morgan fingerprint density at radius 2 is 1.93 bits per heavy atom. The molecule has 1 rings (SSSR count). The van der Waals surface area contributed by atoms with Crippen LogP contribution < -0.4 is 5.90 Å². The van der Waals surface area contributed by atoms with Crippen LogP contribution in [0, 0.1) is 13.8 Å². The van der Waals surface area contributed by atoms with Crippen molar-refractivity contribution < 1.29 is 4.84 Å². The number of hydrogen-bond acceptors (Lipinski definition) is 3. The summed E-state index contributed by atoms with van der Waals surface area (Å²) in [7, 11) is 0. The molecule has 1 aromatic carbocycles. The lowest BCUT2D eigenvalue weighted by atomic mass is 10.0. The summed E-state index contributed by atoms with van der Waals surface area (Å²) < 4.78 is 0. The van der Waals surface area contributed by atoms with Crippen LogP contribution in [0.15, 0.2) is 17.0 Å². The van der Waals surface area contributed by atoms with E-state index in [1.807, 2.05) is 0 Å². The zero-order valence-electron chi connectivity index (χ0n) is 8.96. The van der Waals surface area contributed by atoms with E-state index in [0.29, 0.717) is 6.61 Å². The molecule has 0 saturated heterocycles. The molecule has 0 saturated carbocycles. The van der Waals surface area contributed by atoms with Crippen molar-refractivity contribution in [3.8, 4) is 0 Å². The maximum Gasteiger partial charge on any atom is 0.0720 e. The molecular weight excluding hydrogens is 194 g/mol. The van der Waals surface area contributed by atoms with E-state index in [2.05, 4.69) is 37.1 Å². The molecule has 2 N–H and O–H groups in total. The number of thioether (sulfide) groups is 1. The summed E-state index contributed by atoms with van der Waals surface area (Å²) in [5.74, 6) is 5.03. The molecular formula is C11H17NOS. The number of hydrogen-bond donors (Lipinski definition) is 1.